The Morgan fingerprint density at radius 2 is 1.76 bits per heavy atom. The van der Waals surface area contributed by atoms with Crippen molar-refractivity contribution in [3.05, 3.63) is 111 Å². The summed E-state index contributed by atoms with van der Waals surface area (Å²) in [5.41, 5.74) is 6.09. The summed E-state index contributed by atoms with van der Waals surface area (Å²) in [6.45, 7) is 2.88. The van der Waals surface area contributed by atoms with Crippen LogP contribution in [0.5, 0.6) is 5.75 Å². The Morgan fingerprint density at radius 3 is 2.55 bits per heavy atom. The smallest absolute Gasteiger partial charge is 0.162 e. The Kier molecular flexibility index (Phi) is 6.90. The minimum absolute atomic E-state index is 0.0946. The number of ether oxygens (including phenoxy) is 1. The van der Waals surface area contributed by atoms with Crippen molar-refractivity contribution in [1.82, 2.24) is 0 Å². The van der Waals surface area contributed by atoms with Gasteiger partial charge in [0.2, 0.25) is 0 Å². The van der Waals surface area contributed by atoms with E-state index < -0.39 is 0 Å². The van der Waals surface area contributed by atoms with E-state index in [1.807, 2.05) is 24.3 Å². The van der Waals surface area contributed by atoms with Gasteiger partial charge in [-0.15, -0.1) is 0 Å². The van der Waals surface area contributed by atoms with E-state index >= 15 is 0 Å². The normalized spacial score (nSPS) is 18.7. The van der Waals surface area contributed by atoms with Crippen LogP contribution >= 0.6 is 23.2 Å². The van der Waals surface area contributed by atoms with Crippen molar-refractivity contribution >= 4 is 51.0 Å². The van der Waals surface area contributed by atoms with Crippen molar-refractivity contribution in [3.8, 4) is 5.75 Å². The Balaban J connectivity index is 1.45. The summed E-state index contributed by atoms with van der Waals surface area (Å²) in [5.74, 6) is 1.12. The van der Waals surface area contributed by atoms with Crippen LogP contribution in [0.25, 0.3) is 16.3 Å². The molecule has 0 amide bonds. The highest BCUT2D eigenvalue weighted by molar-refractivity contribution is 6.35. The summed E-state index contributed by atoms with van der Waals surface area (Å²) in [7, 11) is 0. The summed E-state index contributed by atoms with van der Waals surface area (Å²) in [4.78, 5) is 14.0. The number of hydrogen-bond acceptors (Lipinski definition) is 3. The zero-order valence-corrected chi connectivity index (χ0v) is 22.8. The van der Waals surface area contributed by atoms with Gasteiger partial charge in [0.05, 0.1) is 12.6 Å². The number of carbonyl (C=O) groups excluding carboxylic acids is 1. The van der Waals surface area contributed by atoms with Gasteiger partial charge in [0.1, 0.15) is 5.75 Å². The summed E-state index contributed by atoms with van der Waals surface area (Å²) in [6, 6.07) is 26.1. The number of rotatable bonds is 6. The maximum atomic E-state index is 14.0. The third-order valence-electron chi connectivity index (χ3n) is 7.72. The van der Waals surface area contributed by atoms with Crippen LogP contribution in [-0.2, 0) is 4.79 Å². The number of nitrogens with one attached hydrogen (secondary N) is 1. The molecule has 0 saturated heterocycles. The Bertz CT molecular complexity index is 1560. The van der Waals surface area contributed by atoms with Crippen molar-refractivity contribution < 1.29 is 9.53 Å². The fraction of sp³-hybridized carbons (Fsp3) is 0.242. The van der Waals surface area contributed by atoms with Gasteiger partial charge in [0.15, 0.2) is 5.78 Å². The molecule has 0 bridgehead atoms. The molecule has 4 aromatic carbocycles. The molecule has 192 valence electrons. The third kappa shape index (κ3) is 4.59. The monoisotopic (exact) mass is 541 g/mol. The lowest BCUT2D eigenvalue weighted by molar-refractivity contribution is -0.116. The van der Waals surface area contributed by atoms with Gasteiger partial charge in [-0.05, 0) is 76.6 Å². The molecular formula is C33H29Cl2NO2. The number of hydrogen-bond donors (Lipinski definition) is 1. The lowest BCUT2D eigenvalue weighted by Crippen LogP contribution is -2.29. The van der Waals surface area contributed by atoms with E-state index in [1.54, 1.807) is 6.07 Å². The van der Waals surface area contributed by atoms with Crippen molar-refractivity contribution in [2.24, 2.45) is 0 Å². The van der Waals surface area contributed by atoms with Crippen molar-refractivity contribution in [1.29, 1.82) is 0 Å². The molecule has 0 radical (unpaired) electrons. The van der Waals surface area contributed by atoms with Gasteiger partial charge in [-0.25, -0.2) is 0 Å². The minimum atomic E-state index is -0.328. The van der Waals surface area contributed by atoms with E-state index in [0.717, 1.165) is 75.9 Å². The standard InChI is InChI=1S/C33H29Cl2NO2/c1-2-3-16-38-24-12-8-20(9-13-24)22-17-27-31-25-7-5-4-6-21(25)10-15-29(31)36-33(32(27)30(37)18-22)26-14-11-23(34)19-28(26)35/h4-15,19,22,33,36H,2-3,16-18H2,1H3. The van der Waals surface area contributed by atoms with Crippen LogP contribution in [0.4, 0.5) is 5.69 Å². The highest BCUT2D eigenvalue weighted by atomic mass is 35.5. The maximum absolute atomic E-state index is 14.0. The highest BCUT2D eigenvalue weighted by Crippen LogP contribution is 2.51. The molecule has 3 nitrogen and oxygen atoms in total. The molecule has 38 heavy (non-hydrogen) atoms. The summed E-state index contributed by atoms with van der Waals surface area (Å²) >= 11 is 12.9. The second-order valence-corrected chi connectivity index (χ2v) is 11.0. The molecule has 2 aliphatic rings. The largest absolute Gasteiger partial charge is 0.494 e. The van der Waals surface area contributed by atoms with Crippen LogP contribution in [0, 0.1) is 0 Å². The molecule has 5 heteroatoms. The predicted molar refractivity (Wildman–Crippen MR) is 158 cm³/mol. The van der Waals surface area contributed by atoms with Gasteiger partial charge >= 0.3 is 0 Å². The molecule has 4 aromatic rings. The molecule has 0 spiro atoms. The first-order valence-electron chi connectivity index (χ1n) is 13.3. The Morgan fingerprint density at radius 1 is 0.947 bits per heavy atom. The number of carbonyl (C=O) groups is 1. The van der Waals surface area contributed by atoms with Gasteiger partial charge in [0, 0.05) is 33.3 Å². The molecular weight excluding hydrogens is 513 g/mol. The van der Waals surface area contributed by atoms with E-state index in [0.29, 0.717) is 16.5 Å². The second kappa shape index (κ2) is 10.5. The van der Waals surface area contributed by atoms with Gasteiger partial charge in [-0.3, -0.25) is 4.79 Å². The van der Waals surface area contributed by atoms with Crippen LogP contribution < -0.4 is 10.1 Å². The number of Topliss-reactive ketones (excluding diaryl/α,β-unsaturated/α-hetero) is 1. The van der Waals surface area contributed by atoms with Crippen molar-refractivity contribution in [2.75, 3.05) is 11.9 Å². The van der Waals surface area contributed by atoms with Gasteiger partial charge in [-0.2, -0.15) is 0 Å². The molecule has 2 atom stereocenters. The number of halogens is 2. The number of anilines is 1. The van der Waals surface area contributed by atoms with Crippen LogP contribution in [0.1, 0.15) is 61.3 Å². The molecule has 1 aliphatic carbocycles. The maximum Gasteiger partial charge on any atom is 0.162 e. The Hall–Kier alpha value is -3.27. The molecule has 2 unspecified atom stereocenters. The number of benzene rings is 4. The average molecular weight is 543 g/mol. The number of ketones is 1. The topological polar surface area (TPSA) is 38.3 Å². The highest BCUT2D eigenvalue weighted by Gasteiger charge is 2.39. The van der Waals surface area contributed by atoms with E-state index in [1.165, 1.54) is 0 Å². The van der Waals surface area contributed by atoms with Crippen LogP contribution in [-0.4, -0.2) is 12.4 Å². The first-order valence-corrected chi connectivity index (χ1v) is 14.0. The predicted octanol–water partition coefficient (Wildman–Crippen LogP) is 9.39. The van der Waals surface area contributed by atoms with E-state index in [-0.39, 0.29) is 17.7 Å². The average Bonchev–Trinajstić information content (AvgIpc) is 2.93. The first kappa shape index (κ1) is 25.0. The summed E-state index contributed by atoms with van der Waals surface area (Å²) in [6.07, 6.45) is 3.38. The van der Waals surface area contributed by atoms with E-state index in [4.69, 9.17) is 27.9 Å². The van der Waals surface area contributed by atoms with E-state index in [2.05, 4.69) is 60.8 Å². The van der Waals surface area contributed by atoms with Crippen molar-refractivity contribution in [2.45, 2.75) is 44.6 Å². The quantitative estimate of drug-likeness (QED) is 0.247. The minimum Gasteiger partial charge on any atom is -0.494 e. The SMILES string of the molecule is CCCCOc1ccc(C2CC(=O)C3=C(C2)c2c(ccc4ccccc24)NC3c2ccc(Cl)cc2Cl)cc1. The molecule has 1 aliphatic heterocycles. The van der Waals surface area contributed by atoms with Crippen molar-refractivity contribution in [3.63, 3.8) is 0 Å². The zero-order valence-electron chi connectivity index (χ0n) is 21.3. The second-order valence-electron chi connectivity index (χ2n) is 10.1. The number of unbranched alkanes of at least 4 members (excludes halogenated alkanes) is 1. The third-order valence-corrected chi connectivity index (χ3v) is 8.28. The lowest BCUT2D eigenvalue weighted by Gasteiger charge is -2.38. The van der Waals surface area contributed by atoms with Crippen LogP contribution in [0.15, 0.2) is 84.4 Å². The fourth-order valence-electron chi connectivity index (χ4n) is 5.82. The van der Waals surface area contributed by atoms with Gasteiger partial charge in [0.25, 0.3) is 0 Å². The van der Waals surface area contributed by atoms with Gasteiger partial charge < -0.3 is 10.1 Å². The molecule has 0 fully saturated rings. The first-order chi connectivity index (χ1) is 18.5. The summed E-state index contributed by atoms with van der Waals surface area (Å²) in [5, 5.41) is 7.10. The summed E-state index contributed by atoms with van der Waals surface area (Å²) < 4.78 is 5.87. The molecule has 0 aromatic heterocycles. The molecule has 1 heterocycles. The van der Waals surface area contributed by atoms with Gasteiger partial charge in [-0.1, -0.05) is 85.1 Å². The molecule has 0 saturated carbocycles. The van der Waals surface area contributed by atoms with E-state index in [9.17, 15) is 4.79 Å². The molecule has 6 rings (SSSR count). The van der Waals surface area contributed by atoms with Crippen LogP contribution in [0.3, 0.4) is 0 Å². The van der Waals surface area contributed by atoms with Crippen LogP contribution in [0.2, 0.25) is 10.0 Å². The fourth-order valence-corrected chi connectivity index (χ4v) is 6.34. The number of allylic oxidation sites excluding steroid dienone is 1. The number of fused-ring (bicyclic) bond motifs is 4. The Labute approximate surface area is 233 Å². The lowest BCUT2D eigenvalue weighted by atomic mass is 9.71. The zero-order chi connectivity index (χ0) is 26.2. The molecule has 1 N–H and O–H groups in total.